The maximum atomic E-state index is 9.91. The number of rotatable bonds is 7. The van der Waals surface area contributed by atoms with E-state index in [2.05, 4.69) is 27.8 Å². The highest BCUT2D eigenvalue weighted by molar-refractivity contribution is 9.10. The van der Waals surface area contributed by atoms with E-state index in [4.69, 9.17) is 4.74 Å². The topological polar surface area (TPSA) is 32.7 Å². The normalized spacial score (nSPS) is 11.1. The Morgan fingerprint density at radius 3 is 2.76 bits per heavy atom. The Balaban J connectivity index is 2.57. The molecule has 1 aromatic carbocycles. The summed E-state index contributed by atoms with van der Waals surface area (Å²) in [6.45, 7) is 8.17. The monoisotopic (exact) mass is 301 g/mol. The summed E-state index contributed by atoms with van der Waals surface area (Å²) in [6.07, 6.45) is 0. The van der Waals surface area contributed by atoms with E-state index in [1.807, 2.05) is 25.1 Å². The molecule has 96 valence electrons. The van der Waals surface area contributed by atoms with Gasteiger partial charge in [-0.2, -0.15) is 0 Å². The molecule has 0 radical (unpaired) electrons. The molecule has 17 heavy (non-hydrogen) atoms. The van der Waals surface area contributed by atoms with Gasteiger partial charge in [0.2, 0.25) is 0 Å². The smallest absolute Gasteiger partial charge is 0.134 e. The first kappa shape index (κ1) is 14.5. The zero-order valence-electron chi connectivity index (χ0n) is 10.4. The van der Waals surface area contributed by atoms with E-state index in [0.717, 1.165) is 42.9 Å². The number of likely N-dealkylation sites (N-methyl/N-ethyl adjacent to an activating group) is 1. The quantitative estimate of drug-likeness (QED) is 0.786. The van der Waals surface area contributed by atoms with E-state index in [1.165, 1.54) is 0 Å². The summed E-state index contributed by atoms with van der Waals surface area (Å²) in [5.74, 6) is 0.336. The van der Waals surface area contributed by atoms with Gasteiger partial charge in [0.15, 0.2) is 0 Å². The number of benzene rings is 1. The average molecular weight is 302 g/mol. The van der Waals surface area contributed by atoms with Crippen molar-refractivity contribution in [3.05, 3.63) is 28.2 Å². The van der Waals surface area contributed by atoms with Crippen molar-refractivity contribution in [2.45, 2.75) is 20.4 Å². The molecule has 1 aromatic rings. The fourth-order valence-electron chi connectivity index (χ4n) is 1.62. The fourth-order valence-corrected chi connectivity index (χ4v) is 2.02. The number of aromatic hydroxyl groups is 1. The highest BCUT2D eigenvalue weighted by Crippen LogP contribution is 2.28. The lowest BCUT2D eigenvalue weighted by atomic mass is 10.2. The predicted molar refractivity (Wildman–Crippen MR) is 73.3 cm³/mol. The standard InChI is InChI=1S/C13H20BrNO2/c1-3-15(8-9-17-4-2)10-11-6-5-7-12(14)13(11)16/h5-7,16H,3-4,8-10H2,1-2H3. The Labute approximate surface area is 112 Å². The van der Waals surface area contributed by atoms with Gasteiger partial charge >= 0.3 is 0 Å². The van der Waals surface area contributed by atoms with Crippen LogP contribution in [0.1, 0.15) is 19.4 Å². The van der Waals surface area contributed by atoms with Crippen molar-refractivity contribution in [1.82, 2.24) is 4.90 Å². The van der Waals surface area contributed by atoms with Gasteiger partial charge in [-0.3, -0.25) is 4.90 Å². The van der Waals surface area contributed by atoms with Crippen LogP contribution in [0.3, 0.4) is 0 Å². The van der Waals surface area contributed by atoms with Gasteiger partial charge in [0.25, 0.3) is 0 Å². The predicted octanol–water partition coefficient (Wildman–Crippen LogP) is 3.01. The van der Waals surface area contributed by atoms with Gasteiger partial charge in [-0.1, -0.05) is 19.1 Å². The lowest BCUT2D eigenvalue weighted by Gasteiger charge is -2.21. The molecule has 0 fully saturated rings. The van der Waals surface area contributed by atoms with Crippen molar-refractivity contribution >= 4 is 15.9 Å². The largest absolute Gasteiger partial charge is 0.506 e. The minimum Gasteiger partial charge on any atom is -0.506 e. The lowest BCUT2D eigenvalue weighted by molar-refractivity contribution is 0.112. The van der Waals surface area contributed by atoms with E-state index < -0.39 is 0 Å². The van der Waals surface area contributed by atoms with Crippen molar-refractivity contribution in [3.8, 4) is 5.75 Å². The molecule has 0 spiro atoms. The second-order valence-electron chi connectivity index (χ2n) is 3.81. The maximum Gasteiger partial charge on any atom is 0.134 e. The summed E-state index contributed by atoms with van der Waals surface area (Å²) < 4.78 is 6.09. The number of para-hydroxylation sites is 1. The summed E-state index contributed by atoms with van der Waals surface area (Å²) in [4.78, 5) is 2.25. The second-order valence-corrected chi connectivity index (χ2v) is 4.67. The van der Waals surface area contributed by atoms with Gasteiger partial charge in [0.05, 0.1) is 11.1 Å². The molecule has 0 heterocycles. The van der Waals surface area contributed by atoms with Crippen molar-refractivity contribution in [2.75, 3.05) is 26.3 Å². The zero-order chi connectivity index (χ0) is 12.7. The van der Waals surface area contributed by atoms with Crippen molar-refractivity contribution in [3.63, 3.8) is 0 Å². The van der Waals surface area contributed by atoms with E-state index in [1.54, 1.807) is 0 Å². The van der Waals surface area contributed by atoms with Crippen LogP contribution in [-0.4, -0.2) is 36.3 Å². The van der Waals surface area contributed by atoms with Crippen LogP contribution in [0.5, 0.6) is 5.75 Å². The second kappa shape index (κ2) is 7.69. The molecule has 0 aromatic heterocycles. The van der Waals surface area contributed by atoms with Crippen LogP contribution < -0.4 is 0 Å². The number of halogens is 1. The Kier molecular flexibility index (Phi) is 6.55. The van der Waals surface area contributed by atoms with Crippen molar-refractivity contribution in [2.24, 2.45) is 0 Å². The third kappa shape index (κ3) is 4.66. The van der Waals surface area contributed by atoms with E-state index in [0.29, 0.717) is 5.75 Å². The summed E-state index contributed by atoms with van der Waals surface area (Å²) in [6, 6.07) is 5.73. The number of ether oxygens (including phenoxy) is 1. The molecule has 3 nitrogen and oxygen atoms in total. The van der Waals surface area contributed by atoms with E-state index in [-0.39, 0.29) is 0 Å². The molecule has 0 amide bonds. The molecule has 1 N–H and O–H groups in total. The van der Waals surface area contributed by atoms with Crippen molar-refractivity contribution < 1.29 is 9.84 Å². The lowest BCUT2D eigenvalue weighted by Crippen LogP contribution is -2.27. The van der Waals surface area contributed by atoms with Gasteiger partial charge in [-0.15, -0.1) is 0 Å². The molecule has 0 saturated carbocycles. The fraction of sp³-hybridized carbons (Fsp3) is 0.538. The Morgan fingerprint density at radius 2 is 2.12 bits per heavy atom. The molecule has 0 aliphatic carbocycles. The Bertz CT molecular complexity index is 344. The maximum absolute atomic E-state index is 9.91. The summed E-state index contributed by atoms with van der Waals surface area (Å²) >= 11 is 3.33. The van der Waals surface area contributed by atoms with Crippen LogP contribution in [0.25, 0.3) is 0 Å². The minimum absolute atomic E-state index is 0.336. The third-order valence-corrected chi connectivity index (χ3v) is 3.31. The number of phenolic OH excluding ortho intramolecular Hbond substituents is 1. The van der Waals surface area contributed by atoms with Gasteiger partial charge in [0.1, 0.15) is 5.75 Å². The highest BCUT2D eigenvalue weighted by Gasteiger charge is 2.09. The first-order valence-electron chi connectivity index (χ1n) is 5.95. The minimum atomic E-state index is 0.336. The summed E-state index contributed by atoms with van der Waals surface area (Å²) in [7, 11) is 0. The molecular weight excluding hydrogens is 282 g/mol. The number of hydrogen-bond acceptors (Lipinski definition) is 3. The molecule has 0 atom stereocenters. The molecule has 0 bridgehead atoms. The van der Waals surface area contributed by atoms with Gasteiger partial charge < -0.3 is 9.84 Å². The zero-order valence-corrected chi connectivity index (χ0v) is 12.0. The van der Waals surface area contributed by atoms with E-state index >= 15 is 0 Å². The van der Waals surface area contributed by atoms with Gasteiger partial charge in [-0.25, -0.2) is 0 Å². The van der Waals surface area contributed by atoms with Crippen LogP contribution >= 0.6 is 15.9 Å². The van der Waals surface area contributed by atoms with Crippen LogP contribution in [0.4, 0.5) is 0 Å². The molecule has 1 rings (SSSR count). The van der Waals surface area contributed by atoms with E-state index in [9.17, 15) is 5.11 Å². The average Bonchev–Trinajstić information content (AvgIpc) is 2.33. The molecule has 0 aliphatic heterocycles. The Hall–Kier alpha value is -0.580. The SMILES string of the molecule is CCOCCN(CC)Cc1cccc(Br)c1O. The van der Waals surface area contributed by atoms with Crippen LogP contribution in [-0.2, 0) is 11.3 Å². The first-order valence-corrected chi connectivity index (χ1v) is 6.74. The Morgan fingerprint density at radius 1 is 1.35 bits per heavy atom. The molecule has 0 unspecified atom stereocenters. The number of nitrogens with zero attached hydrogens (tertiary/aromatic N) is 1. The summed E-state index contributed by atoms with van der Waals surface area (Å²) in [5, 5.41) is 9.91. The van der Waals surface area contributed by atoms with Crippen LogP contribution in [0.2, 0.25) is 0 Å². The van der Waals surface area contributed by atoms with Crippen LogP contribution in [0.15, 0.2) is 22.7 Å². The van der Waals surface area contributed by atoms with Crippen LogP contribution in [0, 0.1) is 0 Å². The van der Waals surface area contributed by atoms with Gasteiger partial charge in [0, 0.05) is 25.3 Å². The number of hydrogen-bond donors (Lipinski definition) is 1. The third-order valence-electron chi connectivity index (χ3n) is 2.67. The molecule has 4 heteroatoms. The summed E-state index contributed by atoms with van der Waals surface area (Å²) in [5.41, 5.74) is 0.942. The molecule has 0 saturated heterocycles. The number of phenols is 1. The highest BCUT2D eigenvalue weighted by atomic mass is 79.9. The molecule has 0 aliphatic rings. The first-order chi connectivity index (χ1) is 8.19. The van der Waals surface area contributed by atoms with Crippen molar-refractivity contribution in [1.29, 1.82) is 0 Å². The van der Waals surface area contributed by atoms with Gasteiger partial charge in [-0.05, 0) is 35.5 Å². The molecular formula is C13H20BrNO2.